The SMILES string of the molecule is Cc1ccc(CCC(=O)N(Cc2ccccc2F)C(C)C(=O)NC(C)C)cc1. The van der Waals surface area contributed by atoms with E-state index in [0.717, 1.165) is 11.1 Å². The zero-order valence-electron chi connectivity index (χ0n) is 17.0. The molecule has 0 aliphatic rings. The number of hydrogen-bond acceptors (Lipinski definition) is 2. The van der Waals surface area contributed by atoms with Crippen LogP contribution in [0.3, 0.4) is 0 Å². The average Bonchev–Trinajstić information content (AvgIpc) is 2.65. The number of carbonyl (C=O) groups is 2. The smallest absolute Gasteiger partial charge is 0.242 e. The summed E-state index contributed by atoms with van der Waals surface area (Å²) in [7, 11) is 0. The van der Waals surface area contributed by atoms with Gasteiger partial charge in [0.05, 0.1) is 0 Å². The molecule has 0 saturated heterocycles. The van der Waals surface area contributed by atoms with Crippen LogP contribution >= 0.6 is 0 Å². The number of nitrogens with zero attached hydrogens (tertiary/aromatic N) is 1. The number of benzene rings is 2. The fourth-order valence-corrected chi connectivity index (χ4v) is 2.95. The second-order valence-electron chi connectivity index (χ2n) is 7.44. The summed E-state index contributed by atoms with van der Waals surface area (Å²) in [5.74, 6) is -0.791. The Kier molecular flexibility index (Phi) is 7.73. The second kappa shape index (κ2) is 10.0. The molecule has 28 heavy (non-hydrogen) atoms. The molecule has 2 aromatic carbocycles. The van der Waals surface area contributed by atoms with Crippen LogP contribution in [0.1, 0.15) is 43.9 Å². The molecule has 0 heterocycles. The van der Waals surface area contributed by atoms with Gasteiger partial charge in [0.15, 0.2) is 0 Å². The van der Waals surface area contributed by atoms with E-state index in [-0.39, 0.29) is 36.6 Å². The van der Waals surface area contributed by atoms with Gasteiger partial charge in [-0.15, -0.1) is 0 Å². The first-order valence-corrected chi connectivity index (χ1v) is 9.66. The molecular weight excluding hydrogens is 355 g/mol. The molecule has 2 amide bonds. The zero-order valence-corrected chi connectivity index (χ0v) is 17.0. The molecule has 2 rings (SSSR count). The first kappa shape index (κ1) is 21.6. The maximum absolute atomic E-state index is 14.1. The lowest BCUT2D eigenvalue weighted by atomic mass is 10.1. The van der Waals surface area contributed by atoms with Crippen LogP contribution in [-0.4, -0.2) is 28.8 Å². The van der Waals surface area contributed by atoms with Gasteiger partial charge >= 0.3 is 0 Å². The van der Waals surface area contributed by atoms with E-state index < -0.39 is 6.04 Å². The molecule has 1 N–H and O–H groups in total. The minimum atomic E-state index is -0.687. The molecule has 0 aliphatic heterocycles. The highest BCUT2D eigenvalue weighted by molar-refractivity contribution is 5.87. The summed E-state index contributed by atoms with van der Waals surface area (Å²) in [6.45, 7) is 7.49. The van der Waals surface area contributed by atoms with Crippen molar-refractivity contribution < 1.29 is 14.0 Å². The van der Waals surface area contributed by atoms with Gasteiger partial charge in [-0.25, -0.2) is 4.39 Å². The van der Waals surface area contributed by atoms with Crippen molar-refractivity contribution >= 4 is 11.8 Å². The Hall–Kier alpha value is -2.69. The fourth-order valence-electron chi connectivity index (χ4n) is 2.95. The number of halogens is 1. The van der Waals surface area contributed by atoms with Crippen LogP contribution in [0.4, 0.5) is 4.39 Å². The van der Waals surface area contributed by atoms with Gasteiger partial charge in [0.2, 0.25) is 11.8 Å². The van der Waals surface area contributed by atoms with Crippen molar-refractivity contribution in [3.8, 4) is 0 Å². The van der Waals surface area contributed by atoms with Gasteiger partial charge in [0, 0.05) is 24.6 Å². The maximum atomic E-state index is 14.1. The lowest BCUT2D eigenvalue weighted by molar-refractivity contribution is -0.140. The largest absolute Gasteiger partial charge is 0.352 e. The molecule has 5 heteroatoms. The van der Waals surface area contributed by atoms with Gasteiger partial charge in [0.1, 0.15) is 11.9 Å². The molecule has 0 aromatic heterocycles. The minimum Gasteiger partial charge on any atom is -0.352 e. The van der Waals surface area contributed by atoms with E-state index in [9.17, 15) is 14.0 Å². The van der Waals surface area contributed by atoms with Crippen molar-refractivity contribution in [2.75, 3.05) is 0 Å². The molecule has 0 aliphatic carbocycles. The van der Waals surface area contributed by atoms with E-state index in [4.69, 9.17) is 0 Å². The fraction of sp³-hybridized carbons (Fsp3) is 0.391. The number of aryl methyl sites for hydroxylation is 2. The molecule has 1 atom stereocenters. The highest BCUT2D eigenvalue weighted by Gasteiger charge is 2.26. The molecule has 2 aromatic rings. The second-order valence-corrected chi connectivity index (χ2v) is 7.44. The molecule has 0 bridgehead atoms. The Morgan fingerprint density at radius 3 is 2.29 bits per heavy atom. The normalized spacial score (nSPS) is 11.9. The van der Waals surface area contributed by atoms with Gasteiger partial charge < -0.3 is 10.2 Å². The molecule has 4 nitrogen and oxygen atoms in total. The summed E-state index contributed by atoms with van der Waals surface area (Å²) in [6, 6.07) is 13.6. The van der Waals surface area contributed by atoms with Gasteiger partial charge in [-0.3, -0.25) is 9.59 Å². The van der Waals surface area contributed by atoms with Crippen LogP contribution in [0.2, 0.25) is 0 Å². The van der Waals surface area contributed by atoms with E-state index in [1.807, 2.05) is 45.0 Å². The highest BCUT2D eigenvalue weighted by atomic mass is 19.1. The van der Waals surface area contributed by atoms with E-state index >= 15 is 0 Å². The number of carbonyl (C=O) groups excluding carboxylic acids is 2. The van der Waals surface area contributed by atoms with Crippen molar-refractivity contribution in [1.82, 2.24) is 10.2 Å². The molecule has 0 fully saturated rings. The summed E-state index contributed by atoms with van der Waals surface area (Å²) >= 11 is 0. The minimum absolute atomic E-state index is 0.0343. The number of amides is 2. The van der Waals surface area contributed by atoms with E-state index in [0.29, 0.717) is 12.0 Å². The third kappa shape index (κ3) is 6.19. The van der Waals surface area contributed by atoms with Crippen LogP contribution in [0.15, 0.2) is 48.5 Å². The lowest BCUT2D eigenvalue weighted by Crippen LogP contribution is -2.49. The van der Waals surface area contributed by atoms with E-state index in [2.05, 4.69) is 5.32 Å². The van der Waals surface area contributed by atoms with Gasteiger partial charge in [0.25, 0.3) is 0 Å². The third-order valence-corrected chi connectivity index (χ3v) is 4.64. The summed E-state index contributed by atoms with van der Waals surface area (Å²) in [5.41, 5.74) is 2.62. The highest BCUT2D eigenvalue weighted by Crippen LogP contribution is 2.15. The summed E-state index contributed by atoms with van der Waals surface area (Å²) in [6.07, 6.45) is 0.836. The molecular formula is C23H29FN2O2. The Morgan fingerprint density at radius 2 is 1.68 bits per heavy atom. The number of nitrogens with one attached hydrogen (secondary N) is 1. The summed E-state index contributed by atoms with van der Waals surface area (Å²) in [5, 5.41) is 2.83. The predicted octanol–water partition coefficient (Wildman–Crippen LogP) is 4.01. The van der Waals surface area contributed by atoms with Gasteiger partial charge in [-0.2, -0.15) is 0 Å². The Balaban J connectivity index is 2.15. The van der Waals surface area contributed by atoms with Gasteiger partial charge in [-0.05, 0) is 45.7 Å². The quantitative estimate of drug-likeness (QED) is 0.748. The zero-order chi connectivity index (χ0) is 20.7. The maximum Gasteiger partial charge on any atom is 0.242 e. The van der Waals surface area contributed by atoms with Crippen molar-refractivity contribution in [3.63, 3.8) is 0 Å². The summed E-state index contributed by atoms with van der Waals surface area (Å²) < 4.78 is 14.1. The Labute approximate surface area is 166 Å². The van der Waals surface area contributed by atoms with E-state index in [1.54, 1.807) is 25.1 Å². The molecule has 150 valence electrons. The van der Waals surface area contributed by atoms with Crippen LogP contribution < -0.4 is 5.32 Å². The monoisotopic (exact) mass is 384 g/mol. The van der Waals surface area contributed by atoms with E-state index in [1.165, 1.54) is 11.0 Å². The van der Waals surface area contributed by atoms with Crippen molar-refractivity contribution in [3.05, 3.63) is 71.0 Å². The standard InChI is InChI=1S/C23H29FN2O2/c1-16(2)25-23(28)18(4)26(15-20-7-5-6-8-21(20)24)22(27)14-13-19-11-9-17(3)10-12-19/h5-12,16,18H,13-15H2,1-4H3,(H,25,28). The van der Waals surface area contributed by atoms with Crippen LogP contribution in [0, 0.1) is 12.7 Å². The van der Waals surface area contributed by atoms with Crippen LogP contribution in [0.5, 0.6) is 0 Å². The molecule has 1 unspecified atom stereocenters. The number of rotatable bonds is 8. The summed E-state index contributed by atoms with van der Waals surface area (Å²) in [4.78, 5) is 26.9. The first-order chi connectivity index (χ1) is 13.3. The van der Waals surface area contributed by atoms with Gasteiger partial charge in [-0.1, -0.05) is 48.0 Å². The molecule has 0 saturated carbocycles. The predicted molar refractivity (Wildman–Crippen MR) is 109 cm³/mol. The Morgan fingerprint density at radius 1 is 1.04 bits per heavy atom. The lowest BCUT2D eigenvalue weighted by Gasteiger charge is -2.29. The van der Waals surface area contributed by atoms with Crippen molar-refractivity contribution in [2.45, 2.75) is 59.2 Å². The Bertz CT molecular complexity index is 803. The van der Waals surface area contributed by atoms with Crippen LogP contribution in [-0.2, 0) is 22.6 Å². The number of hydrogen-bond donors (Lipinski definition) is 1. The first-order valence-electron chi connectivity index (χ1n) is 9.66. The van der Waals surface area contributed by atoms with Crippen LogP contribution in [0.25, 0.3) is 0 Å². The molecule has 0 radical (unpaired) electrons. The third-order valence-electron chi connectivity index (χ3n) is 4.64. The molecule has 0 spiro atoms. The topological polar surface area (TPSA) is 49.4 Å². The van der Waals surface area contributed by atoms with Crippen molar-refractivity contribution in [2.24, 2.45) is 0 Å². The van der Waals surface area contributed by atoms with Crippen molar-refractivity contribution in [1.29, 1.82) is 0 Å². The average molecular weight is 384 g/mol.